The SMILES string of the molecule is CCCN(CC1CC1)c1nc2c(s1)C(NCC)CCC2. The molecule has 0 bridgehead atoms. The molecule has 0 radical (unpaired) electrons. The summed E-state index contributed by atoms with van der Waals surface area (Å²) in [6.07, 6.45) is 7.80. The first-order valence-electron chi connectivity index (χ1n) is 8.29. The van der Waals surface area contributed by atoms with E-state index in [1.165, 1.54) is 60.8 Å². The summed E-state index contributed by atoms with van der Waals surface area (Å²) < 4.78 is 0. The minimum Gasteiger partial charge on any atom is -0.348 e. The number of nitrogens with zero attached hydrogens (tertiary/aromatic N) is 2. The third kappa shape index (κ3) is 3.17. The van der Waals surface area contributed by atoms with Crippen molar-refractivity contribution in [3.8, 4) is 0 Å². The van der Waals surface area contributed by atoms with Gasteiger partial charge in [0.05, 0.1) is 5.69 Å². The van der Waals surface area contributed by atoms with Gasteiger partial charge in [0.15, 0.2) is 5.13 Å². The zero-order valence-corrected chi connectivity index (χ0v) is 13.6. The summed E-state index contributed by atoms with van der Waals surface area (Å²) in [4.78, 5) is 9.05. The van der Waals surface area contributed by atoms with Crippen LogP contribution in [0, 0.1) is 5.92 Å². The molecule has 0 spiro atoms. The van der Waals surface area contributed by atoms with Crippen LogP contribution in [0.5, 0.6) is 0 Å². The lowest BCUT2D eigenvalue weighted by atomic mass is 9.98. The Kier molecular flexibility index (Phi) is 4.61. The van der Waals surface area contributed by atoms with Crippen LogP contribution in [0.15, 0.2) is 0 Å². The second-order valence-electron chi connectivity index (χ2n) is 6.20. The Morgan fingerprint density at radius 2 is 2.15 bits per heavy atom. The molecule has 4 heteroatoms. The van der Waals surface area contributed by atoms with E-state index in [0.717, 1.165) is 19.0 Å². The average Bonchev–Trinajstić information content (AvgIpc) is 3.15. The van der Waals surface area contributed by atoms with E-state index in [2.05, 4.69) is 24.1 Å². The van der Waals surface area contributed by atoms with Gasteiger partial charge in [-0.3, -0.25) is 0 Å². The van der Waals surface area contributed by atoms with Gasteiger partial charge >= 0.3 is 0 Å². The van der Waals surface area contributed by atoms with Crippen LogP contribution in [-0.4, -0.2) is 24.6 Å². The van der Waals surface area contributed by atoms with E-state index >= 15 is 0 Å². The van der Waals surface area contributed by atoms with Crippen molar-refractivity contribution in [1.82, 2.24) is 10.3 Å². The molecule has 1 aromatic heterocycles. The summed E-state index contributed by atoms with van der Waals surface area (Å²) in [5.74, 6) is 0.937. The molecule has 1 fully saturated rings. The Hall–Kier alpha value is -0.610. The van der Waals surface area contributed by atoms with E-state index in [0.29, 0.717) is 6.04 Å². The summed E-state index contributed by atoms with van der Waals surface area (Å²) in [6, 6.07) is 0.555. The minimum atomic E-state index is 0.555. The van der Waals surface area contributed by atoms with Gasteiger partial charge in [-0.15, -0.1) is 0 Å². The Morgan fingerprint density at radius 1 is 1.30 bits per heavy atom. The molecule has 0 amide bonds. The van der Waals surface area contributed by atoms with Crippen LogP contribution in [0.2, 0.25) is 0 Å². The van der Waals surface area contributed by atoms with Crippen LogP contribution in [0.25, 0.3) is 0 Å². The van der Waals surface area contributed by atoms with E-state index < -0.39 is 0 Å². The number of fused-ring (bicyclic) bond motifs is 1. The summed E-state index contributed by atoms with van der Waals surface area (Å²) in [5, 5.41) is 4.92. The molecule has 1 heterocycles. The molecular formula is C16H27N3S. The van der Waals surface area contributed by atoms with Crippen molar-refractivity contribution < 1.29 is 0 Å². The van der Waals surface area contributed by atoms with E-state index in [1.54, 1.807) is 0 Å². The smallest absolute Gasteiger partial charge is 0.185 e. The van der Waals surface area contributed by atoms with Crippen molar-refractivity contribution in [2.24, 2.45) is 5.92 Å². The third-order valence-corrected chi connectivity index (χ3v) is 5.60. The van der Waals surface area contributed by atoms with Gasteiger partial charge in [-0.1, -0.05) is 25.2 Å². The van der Waals surface area contributed by atoms with Crippen molar-refractivity contribution in [2.45, 2.75) is 58.4 Å². The van der Waals surface area contributed by atoms with Gasteiger partial charge in [0.1, 0.15) is 0 Å². The fourth-order valence-electron chi connectivity index (χ4n) is 3.13. The van der Waals surface area contributed by atoms with Crippen LogP contribution in [0.1, 0.15) is 62.6 Å². The quantitative estimate of drug-likeness (QED) is 0.829. The van der Waals surface area contributed by atoms with Crippen LogP contribution in [0.4, 0.5) is 5.13 Å². The number of aromatic nitrogens is 1. The first-order chi connectivity index (χ1) is 9.81. The first kappa shape index (κ1) is 14.3. The maximum Gasteiger partial charge on any atom is 0.185 e. The van der Waals surface area contributed by atoms with E-state index in [-0.39, 0.29) is 0 Å². The van der Waals surface area contributed by atoms with Crippen molar-refractivity contribution in [3.05, 3.63) is 10.6 Å². The highest BCUT2D eigenvalue weighted by atomic mass is 32.1. The van der Waals surface area contributed by atoms with Crippen molar-refractivity contribution in [3.63, 3.8) is 0 Å². The molecular weight excluding hydrogens is 266 g/mol. The highest BCUT2D eigenvalue weighted by Gasteiger charge is 2.28. The molecule has 3 nitrogen and oxygen atoms in total. The maximum absolute atomic E-state index is 4.99. The zero-order chi connectivity index (χ0) is 13.9. The lowest BCUT2D eigenvalue weighted by molar-refractivity contribution is 0.476. The lowest BCUT2D eigenvalue weighted by Crippen LogP contribution is -2.26. The second-order valence-corrected chi connectivity index (χ2v) is 7.21. The molecule has 0 aliphatic heterocycles. The van der Waals surface area contributed by atoms with Gasteiger partial charge in [0.2, 0.25) is 0 Å². The molecule has 112 valence electrons. The van der Waals surface area contributed by atoms with Gasteiger partial charge in [-0.25, -0.2) is 4.98 Å². The van der Waals surface area contributed by atoms with Crippen LogP contribution in [0.3, 0.4) is 0 Å². The number of rotatable bonds is 7. The number of anilines is 1. The number of hydrogen-bond acceptors (Lipinski definition) is 4. The molecule has 1 aromatic rings. The number of hydrogen-bond donors (Lipinski definition) is 1. The lowest BCUT2D eigenvalue weighted by Gasteiger charge is -2.21. The standard InChI is InChI=1S/C16H27N3S/c1-3-10-19(11-12-8-9-12)16-18-14-7-5-6-13(17-4-2)15(14)20-16/h12-13,17H,3-11H2,1-2H3. The predicted octanol–water partition coefficient (Wildman–Crippen LogP) is 3.76. The first-order valence-corrected chi connectivity index (χ1v) is 9.11. The normalized spacial score (nSPS) is 21.8. The number of aryl methyl sites for hydroxylation is 1. The predicted molar refractivity (Wildman–Crippen MR) is 86.7 cm³/mol. The minimum absolute atomic E-state index is 0.555. The molecule has 1 atom stereocenters. The monoisotopic (exact) mass is 293 g/mol. The molecule has 0 saturated heterocycles. The summed E-state index contributed by atoms with van der Waals surface area (Å²) in [6.45, 7) is 7.92. The van der Waals surface area contributed by atoms with Gasteiger partial charge in [-0.2, -0.15) is 0 Å². The Labute approximate surface area is 126 Å². The largest absolute Gasteiger partial charge is 0.348 e. The topological polar surface area (TPSA) is 28.2 Å². The highest BCUT2D eigenvalue weighted by molar-refractivity contribution is 7.15. The van der Waals surface area contributed by atoms with Crippen molar-refractivity contribution in [2.75, 3.05) is 24.5 Å². The molecule has 1 saturated carbocycles. The third-order valence-electron chi connectivity index (χ3n) is 4.33. The van der Waals surface area contributed by atoms with Gasteiger partial charge < -0.3 is 10.2 Å². The van der Waals surface area contributed by atoms with Gasteiger partial charge in [0.25, 0.3) is 0 Å². The second kappa shape index (κ2) is 6.44. The fraction of sp³-hybridized carbons (Fsp3) is 0.812. The van der Waals surface area contributed by atoms with Crippen LogP contribution >= 0.6 is 11.3 Å². The zero-order valence-electron chi connectivity index (χ0n) is 12.8. The van der Waals surface area contributed by atoms with Crippen LogP contribution < -0.4 is 10.2 Å². The Balaban J connectivity index is 1.78. The summed E-state index contributed by atoms with van der Waals surface area (Å²) >= 11 is 1.95. The fourth-order valence-corrected chi connectivity index (χ4v) is 4.39. The molecule has 2 aliphatic rings. The molecule has 0 aromatic carbocycles. The van der Waals surface area contributed by atoms with E-state index in [1.807, 2.05) is 11.3 Å². The molecule has 20 heavy (non-hydrogen) atoms. The van der Waals surface area contributed by atoms with E-state index in [4.69, 9.17) is 4.98 Å². The van der Waals surface area contributed by atoms with Gasteiger partial charge in [0, 0.05) is 24.0 Å². The molecule has 1 N–H and O–H groups in total. The number of thiazole rings is 1. The highest BCUT2D eigenvalue weighted by Crippen LogP contribution is 2.39. The Bertz CT molecular complexity index is 439. The molecule has 2 aliphatic carbocycles. The maximum atomic E-state index is 4.99. The molecule has 1 unspecified atom stereocenters. The summed E-state index contributed by atoms with van der Waals surface area (Å²) in [7, 11) is 0. The summed E-state index contributed by atoms with van der Waals surface area (Å²) in [5.41, 5.74) is 1.37. The molecule has 3 rings (SSSR count). The van der Waals surface area contributed by atoms with E-state index in [9.17, 15) is 0 Å². The van der Waals surface area contributed by atoms with Gasteiger partial charge in [-0.05, 0) is 51.0 Å². The van der Waals surface area contributed by atoms with Crippen LogP contribution in [-0.2, 0) is 6.42 Å². The number of nitrogens with one attached hydrogen (secondary N) is 1. The Morgan fingerprint density at radius 3 is 2.85 bits per heavy atom. The van der Waals surface area contributed by atoms with Crippen molar-refractivity contribution >= 4 is 16.5 Å². The van der Waals surface area contributed by atoms with Crippen molar-refractivity contribution in [1.29, 1.82) is 0 Å². The average molecular weight is 293 g/mol.